The highest BCUT2D eigenvalue weighted by molar-refractivity contribution is 6.32. The third-order valence-electron chi connectivity index (χ3n) is 5.29. The van der Waals surface area contributed by atoms with Crippen molar-refractivity contribution in [3.8, 4) is 34.1 Å². The normalized spacial score (nSPS) is 11.8. The van der Waals surface area contributed by atoms with E-state index in [2.05, 4.69) is 49.4 Å². The average Bonchev–Trinajstić information content (AvgIpc) is 3.03. The Balaban J connectivity index is 2.04. The number of hydrogen-bond acceptors (Lipinski definition) is 2. The van der Waals surface area contributed by atoms with Crippen molar-refractivity contribution in [1.82, 2.24) is 0 Å². The molecule has 0 radical (unpaired) electrons. The molecule has 3 aromatic carbocycles. The molecule has 3 aromatic rings. The first-order chi connectivity index (χ1) is 12.5. The summed E-state index contributed by atoms with van der Waals surface area (Å²) in [6.07, 6.45) is 1.71. The molecule has 0 aromatic heterocycles. The maximum absolute atomic E-state index is 10.8. The molecule has 1 N–H and O–H groups in total. The number of aromatic hydroxyl groups is 1. The summed E-state index contributed by atoms with van der Waals surface area (Å²) >= 11 is 6.37. The maximum Gasteiger partial charge on any atom is 0.141 e. The van der Waals surface area contributed by atoms with Gasteiger partial charge in [-0.3, -0.25) is 0 Å². The van der Waals surface area contributed by atoms with Gasteiger partial charge in [0.25, 0.3) is 0 Å². The van der Waals surface area contributed by atoms with Crippen molar-refractivity contribution in [2.45, 2.75) is 26.7 Å². The van der Waals surface area contributed by atoms with Gasteiger partial charge in [0.15, 0.2) is 0 Å². The number of benzene rings is 3. The second-order valence-electron chi connectivity index (χ2n) is 6.72. The third kappa shape index (κ3) is 2.40. The molecule has 0 bridgehead atoms. The molecule has 3 heteroatoms. The molecule has 26 heavy (non-hydrogen) atoms. The molecule has 2 nitrogen and oxygen atoms in total. The summed E-state index contributed by atoms with van der Waals surface area (Å²) in [5.41, 5.74) is 8.59. The van der Waals surface area contributed by atoms with Gasteiger partial charge in [0.2, 0.25) is 0 Å². The van der Waals surface area contributed by atoms with Gasteiger partial charge >= 0.3 is 0 Å². The van der Waals surface area contributed by atoms with Crippen LogP contribution in [0.5, 0.6) is 5.75 Å². The minimum absolute atomic E-state index is 0.0146. The Labute approximate surface area is 158 Å². The van der Waals surface area contributed by atoms with Crippen LogP contribution in [0.2, 0.25) is 5.02 Å². The minimum atomic E-state index is 0.0146. The summed E-state index contributed by atoms with van der Waals surface area (Å²) in [7, 11) is 0. The van der Waals surface area contributed by atoms with E-state index in [9.17, 15) is 10.4 Å². The van der Waals surface area contributed by atoms with Gasteiger partial charge in [0.1, 0.15) is 11.8 Å². The summed E-state index contributed by atoms with van der Waals surface area (Å²) < 4.78 is 0. The fourth-order valence-electron chi connectivity index (χ4n) is 3.81. The van der Waals surface area contributed by atoms with Crippen molar-refractivity contribution >= 4 is 11.6 Å². The van der Waals surface area contributed by atoms with E-state index in [0.717, 1.165) is 18.4 Å². The number of phenols is 1. The van der Waals surface area contributed by atoms with Crippen LogP contribution in [0.25, 0.3) is 22.3 Å². The van der Waals surface area contributed by atoms with E-state index in [4.69, 9.17) is 11.6 Å². The number of aryl methyl sites for hydroxylation is 1. The molecular formula is C23H18ClNO. The van der Waals surface area contributed by atoms with Gasteiger partial charge in [-0.2, -0.15) is 5.26 Å². The monoisotopic (exact) mass is 359 g/mol. The highest BCUT2D eigenvalue weighted by Gasteiger charge is 2.25. The zero-order chi connectivity index (χ0) is 18.4. The first-order valence-corrected chi connectivity index (χ1v) is 9.09. The van der Waals surface area contributed by atoms with Crippen LogP contribution in [0.15, 0.2) is 42.5 Å². The quantitative estimate of drug-likeness (QED) is 0.475. The Bertz CT molecular complexity index is 1090. The van der Waals surface area contributed by atoms with Gasteiger partial charge in [-0.25, -0.2) is 0 Å². The van der Waals surface area contributed by atoms with Crippen molar-refractivity contribution in [2.24, 2.45) is 0 Å². The number of phenolic OH excluding ortho intramolecular Hbond substituents is 1. The van der Waals surface area contributed by atoms with E-state index in [1.165, 1.54) is 27.8 Å². The number of nitrogens with zero attached hydrogens (tertiary/aromatic N) is 1. The lowest BCUT2D eigenvalue weighted by Gasteiger charge is -2.15. The van der Waals surface area contributed by atoms with Crippen LogP contribution in [0.3, 0.4) is 0 Å². The Morgan fingerprint density at radius 1 is 1.08 bits per heavy atom. The molecule has 128 valence electrons. The van der Waals surface area contributed by atoms with Gasteiger partial charge in [0.05, 0.1) is 5.56 Å². The van der Waals surface area contributed by atoms with Crippen molar-refractivity contribution in [3.05, 3.63) is 75.3 Å². The topological polar surface area (TPSA) is 44.0 Å². The summed E-state index contributed by atoms with van der Waals surface area (Å²) in [4.78, 5) is 0. The SMILES string of the molecule is CCc1cc2c(c(-c3cc(Cl)c(C)c(C#N)c3O)c1)Cc1ccccc1-2. The predicted octanol–water partition coefficient (Wildman–Crippen LogP) is 6.03. The molecule has 0 amide bonds. The molecule has 0 saturated carbocycles. The summed E-state index contributed by atoms with van der Waals surface area (Å²) in [5, 5.41) is 20.7. The number of fused-ring (bicyclic) bond motifs is 3. The standard InChI is InChI=1S/C23H18ClNO/c1-3-14-8-17-16-7-5-4-6-15(16)10-19(17)18(9-14)20-11-22(24)13(2)21(12-25)23(20)26/h4-9,11,26H,3,10H2,1-2H3. The molecule has 4 rings (SSSR count). The Morgan fingerprint density at radius 3 is 2.46 bits per heavy atom. The van der Waals surface area contributed by atoms with Crippen LogP contribution in [-0.2, 0) is 12.8 Å². The van der Waals surface area contributed by atoms with E-state index < -0.39 is 0 Å². The van der Waals surface area contributed by atoms with E-state index >= 15 is 0 Å². The lowest BCUT2D eigenvalue weighted by molar-refractivity contribution is 0.475. The smallest absolute Gasteiger partial charge is 0.141 e. The van der Waals surface area contributed by atoms with Crippen molar-refractivity contribution in [2.75, 3.05) is 0 Å². The van der Waals surface area contributed by atoms with E-state index in [-0.39, 0.29) is 11.3 Å². The van der Waals surface area contributed by atoms with Gasteiger partial charge in [-0.05, 0) is 64.8 Å². The largest absolute Gasteiger partial charge is 0.506 e. The molecule has 0 fully saturated rings. The van der Waals surface area contributed by atoms with Gasteiger partial charge < -0.3 is 5.11 Å². The Hall–Kier alpha value is -2.76. The predicted molar refractivity (Wildman–Crippen MR) is 106 cm³/mol. The highest BCUT2D eigenvalue weighted by atomic mass is 35.5. The average molecular weight is 360 g/mol. The number of hydrogen-bond donors (Lipinski definition) is 1. The van der Waals surface area contributed by atoms with E-state index in [0.29, 0.717) is 16.1 Å². The maximum atomic E-state index is 10.8. The Kier molecular flexibility index (Phi) is 3.98. The van der Waals surface area contributed by atoms with Crippen LogP contribution in [0.1, 0.15) is 34.7 Å². The molecule has 0 heterocycles. The van der Waals surface area contributed by atoms with Gasteiger partial charge in [-0.1, -0.05) is 54.9 Å². The van der Waals surface area contributed by atoms with Crippen LogP contribution >= 0.6 is 11.6 Å². The van der Waals surface area contributed by atoms with E-state index in [1.807, 2.05) is 0 Å². The zero-order valence-electron chi connectivity index (χ0n) is 14.7. The van der Waals surface area contributed by atoms with Crippen molar-refractivity contribution in [3.63, 3.8) is 0 Å². The minimum Gasteiger partial charge on any atom is -0.506 e. The number of halogens is 1. The van der Waals surface area contributed by atoms with Crippen LogP contribution in [0, 0.1) is 18.3 Å². The third-order valence-corrected chi connectivity index (χ3v) is 5.68. The lowest BCUT2D eigenvalue weighted by atomic mass is 9.90. The van der Waals surface area contributed by atoms with E-state index in [1.54, 1.807) is 13.0 Å². The summed E-state index contributed by atoms with van der Waals surface area (Å²) in [6, 6.07) is 16.6. The molecule has 0 atom stereocenters. The molecule has 1 aliphatic rings. The second kappa shape index (κ2) is 6.20. The second-order valence-corrected chi connectivity index (χ2v) is 7.13. The van der Waals surface area contributed by atoms with Crippen molar-refractivity contribution < 1.29 is 5.11 Å². The Morgan fingerprint density at radius 2 is 1.77 bits per heavy atom. The van der Waals surface area contributed by atoms with Crippen molar-refractivity contribution in [1.29, 1.82) is 5.26 Å². The molecule has 0 spiro atoms. The summed E-state index contributed by atoms with van der Waals surface area (Å²) in [6.45, 7) is 3.88. The molecule has 0 unspecified atom stereocenters. The molecular weight excluding hydrogens is 342 g/mol. The number of rotatable bonds is 2. The first-order valence-electron chi connectivity index (χ1n) is 8.71. The zero-order valence-corrected chi connectivity index (χ0v) is 15.5. The molecule has 0 aliphatic heterocycles. The van der Waals surface area contributed by atoms with Crippen LogP contribution in [0.4, 0.5) is 0 Å². The summed E-state index contributed by atoms with van der Waals surface area (Å²) in [5.74, 6) is 0.0146. The molecule has 1 aliphatic carbocycles. The lowest BCUT2D eigenvalue weighted by Crippen LogP contribution is -1.95. The fraction of sp³-hybridized carbons (Fsp3) is 0.174. The molecule has 0 saturated heterocycles. The van der Waals surface area contributed by atoms with Crippen LogP contribution in [-0.4, -0.2) is 5.11 Å². The fourth-order valence-corrected chi connectivity index (χ4v) is 4.02. The highest BCUT2D eigenvalue weighted by Crippen LogP contribution is 2.46. The van der Waals surface area contributed by atoms with Gasteiger partial charge in [0, 0.05) is 10.6 Å². The van der Waals surface area contributed by atoms with Gasteiger partial charge in [-0.15, -0.1) is 0 Å². The van der Waals surface area contributed by atoms with Crippen LogP contribution < -0.4 is 0 Å². The first kappa shape index (κ1) is 16.7. The number of nitriles is 1.